The highest BCUT2D eigenvalue weighted by Gasteiger charge is 2.27. The number of ether oxygens (including phenoxy) is 2. The van der Waals surface area contributed by atoms with E-state index in [0.29, 0.717) is 10.7 Å². The quantitative estimate of drug-likeness (QED) is 0.593. The van der Waals surface area contributed by atoms with Gasteiger partial charge in [0.2, 0.25) is 0 Å². The molecule has 1 rings (SSSR count). The zero-order chi connectivity index (χ0) is 16.8. The largest absolute Gasteiger partial charge is 0.466 e. The highest BCUT2D eigenvalue weighted by Crippen LogP contribution is 2.21. The fourth-order valence-corrected chi connectivity index (χ4v) is 2.12. The fraction of sp³-hybridized carbons (Fsp3) is 0.562. The molecule has 0 radical (unpaired) electrons. The predicted octanol–water partition coefficient (Wildman–Crippen LogP) is 3.19. The van der Waals surface area contributed by atoms with Gasteiger partial charge in [-0.15, -0.1) is 0 Å². The number of aromatic nitrogens is 1. The number of carbonyl (C=O) groups is 2. The van der Waals surface area contributed by atoms with Gasteiger partial charge in [-0.2, -0.15) is 0 Å². The van der Waals surface area contributed by atoms with Crippen LogP contribution in [0.5, 0.6) is 0 Å². The number of esters is 2. The lowest BCUT2D eigenvalue weighted by Gasteiger charge is -2.21. The molecule has 1 heterocycles. The summed E-state index contributed by atoms with van der Waals surface area (Å²) >= 11 is 6.01. The zero-order valence-corrected chi connectivity index (χ0v) is 14.1. The third kappa shape index (κ3) is 6.43. The Morgan fingerprint density at radius 2 is 2.05 bits per heavy atom. The first-order valence-electron chi connectivity index (χ1n) is 7.20. The van der Waals surface area contributed by atoms with Gasteiger partial charge in [-0.25, -0.2) is 4.98 Å². The minimum absolute atomic E-state index is 0.0542. The first kappa shape index (κ1) is 18.4. The zero-order valence-electron chi connectivity index (χ0n) is 13.4. The summed E-state index contributed by atoms with van der Waals surface area (Å²) in [5.74, 6) is -1.52. The highest BCUT2D eigenvalue weighted by atomic mass is 35.5. The molecular formula is C16H22ClNO4. The van der Waals surface area contributed by atoms with Gasteiger partial charge in [0.25, 0.3) is 0 Å². The Hall–Kier alpha value is -1.62. The van der Waals surface area contributed by atoms with Crippen LogP contribution in [0.2, 0.25) is 5.15 Å². The van der Waals surface area contributed by atoms with Crippen LogP contribution in [0.25, 0.3) is 0 Å². The summed E-state index contributed by atoms with van der Waals surface area (Å²) in [4.78, 5) is 28.0. The van der Waals surface area contributed by atoms with Gasteiger partial charge in [0.1, 0.15) is 10.8 Å². The molecule has 0 unspecified atom stereocenters. The van der Waals surface area contributed by atoms with E-state index in [-0.39, 0.29) is 19.4 Å². The van der Waals surface area contributed by atoms with E-state index < -0.39 is 23.5 Å². The van der Waals surface area contributed by atoms with Gasteiger partial charge in [-0.3, -0.25) is 9.59 Å². The molecule has 1 atom stereocenters. The summed E-state index contributed by atoms with van der Waals surface area (Å²) in [6, 6.07) is 3.51. The molecule has 0 aliphatic rings. The molecule has 0 saturated carbocycles. The van der Waals surface area contributed by atoms with Crippen LogP contribution in [0.4, 0.5) is 0 Å². The molecule has 0 saturated heterocycles. The maximum atomic E-state index is 12.1. The SMILES string of the molecule is CCOC(=O)[C@@H](CC(=O)OC(C)(C)C)Cc1cccnc1Cl. The summed E-state index contributed by atoms with van der Waals surface area (Å²) in [5, 5.41) is 0.320. The molecule has 0 fully saturated rings. The Balaban J connectivity index is 2.83. The maximum Gasteiger partial charge on any atom is 0.309 e. The second-order valence-corrected chi connectivity index (χ2v) is 6.26. The van der Waals surface area contributed by atoms with E-state index in [4.69, 9.17) is 21.1 Å². The lowest BCUT2D eigenvalue weighted by atomic mass is 9.97. The summed E-state index contributed by atoms with van der Waals surface area (Å²) in [6.07, 6.45) is 1.80. The van der Waals surface area contributed by atoms with Crippen molar-refractivity contribution in [1.29, 1.82) is 0 Å². The first-order valence-corrected chi connectivity index (χ1v) is 7.58. The van der Waals surface area contributed by atoms with Crippen molar-refractivity contribution < 1.29 is 19.1 Å². The van der Waals surface area contributed by atoms with Gasteiger partial charge in [-0.05, 0) is 45.7 Å². The molecule has 6 heteroatoms. The molecule has 0 aliphatic carbocycles. The number of nitrogens with zero attached hydrogens (tertiary/aromatic N) is 1. The molecule has 0 bridgehead atoms. The molecule has 122 valence electrons. The number of pyridine rings is 1. The highest BCUT2D eigenvalue weighted by molar-refractivity contribution is 6.30. The van der Waals surface area contributed by atoms with E-state index in [2.05, 4.69) is 4.98 Å². The second-order valence-electron chi connectivity index (χ2n) is 5.90. The summed E-state index contributed by atoms with van der Waals surface area (Å²) in [5.41, 5.74) is 0.105. The average Bonchev–Trinajstić information content (AvgIpc) is 2.38. The molecule has 22 heavy (non-hydrogen) atoms. The normalized spacial score (nSPS) is 12.6. The van der Waals surface area contributed by atoms with Crippen LogP contribution in [0.15, 0.2) is 18.3 Å². The van der Waals surface area contributed by atoms with Crippen molar-refractivity contribution in [3.05, 3.63) is 29.0 Å². The van der Waals surface area contributed by atoms with Crippen LogP contribution in [0.3, 0.4) is 0 Å². The summed E-state index contributed by atoms with van der Waals surface area (Å²) < 4.78 is 10.3. The van der Waals surface area contributed by atoms with Gasteiger partial charge in [0.15, 0.2) is 0 Å². The van der Waals surface area contributed by atoms with Crippen LogP contribution in [0, 0.1) is 5.92 Å². The van der Waals surface area contributed by atoms with Gasteiger partial charge in [-0.1, -0.05) is 17.7 Å². The van der Waals surface area contributed by atoms with Gasteiger partial charge in [0.05, 0.1) is 18.9 Å². The molecule has 0 spiro atoms. The van der Waals surface area contributed by atoms with E-state index in [9.17, 15) is 9.59 Å². The second kappa shape index (κ2) is 8.13. The van der Waals surface area contributed by atoms with Crippen LogP contribution in [-0.4, -0.2) is 29.1 Å². The van der Waals surface area contributed by atoms with E-state index in [0.717, 1.165) is 0 Å². The number of carbonyl (C=O) groups excluding carboxylic acids is 2. The molecule has 0 N–H and O–H groups in total. The van der Waals surface area contributed by atoms with Crippen molar-refractivity contribution >= 4 is 23.5 Å². The number of halogens is 1. The Bertz CT molecular complexity index is 525. The van der Waals surface area contributed by atoms with Crippen LogP contribution < -0.4 is 0 Å². The van der Waals surface area contributed by atoms with E-state index >= 15 is 0 Å². The molecule has 0 amide bonds. The van der Waals surface area contributed by atoms with E-state index in [1.54, 1.807) is 46.0 Å². The Morgan fingerprint density at radius 3 is 2.59 bits per heavy atom. The predicted molar refractivity (Wildman–Crippen MR) is 83.5 cm³/mol. The summed E-state index contributed by atoms with van der Waals surface area (Å²) in [6.45, 7) is 7.32. The Kier molecular flexibility index (Phi) is 6.81. The standard InChI is InChI=1S/C16H22ClNO4/c1-5-21-15(20)12(10-13(19)22-16(2,3)4)9-11-7-6-8-18-14(11)17/h6-8,12H,5,9-10H2,1-4H3/t12-/m1/s1. The molecule has 0 aliphatic heterocycles. The van der Waals surface area contributed by atoms with Crippen molar-refractivity contribution in [2.75, 3.05) is 6.61 Å². The fourth-order valence-electron chi connectivity index (χ4n) is 1.92. The Labute approximate surface area is 136 Å². The van der Waals surface area contributed by atoms with Crippen molar-refractivity contribution in [1.82, 2.24) is 4.98 Å². The number of hydrogen-bond acceptors (Lipinski definition) is 5. The van der Waals surface area contributed by atoms with Crippen molar-refractivity contribution in [3.8, 4) is 0 Å². The third-order valence-corrected chi connectivity index (χ3v) is 3.10. The van der Waals surface area contributed by atoms with Crippen LogP contribution in [-0.2, 0) is 25.5 Å². The minimum Gasteiger partial charge on any atom is -0.466 e. The average molecular weight is 328 g/mol. The smallest absolute Gasteiger partial charge is 0.309 e. The molecule has 1 aromatic rings. The van der Waals surface area contributed by atoms with Crippen molar-refractivity contribution in [2.45, 2.75) is 46.1 Å². The number of hydrogen-bond donors (Lipinski definition) is 0. The van der Waals surface area contributed by atoms with Gasteiger partial charge in [0, 0.05) is 6.20 Å². The molecule has 5 nitrogen and oxygen atoms in total. The molecular weight excluding hydrogens is 306 g/mol. The summed E-state index contributed by atoms with van der Waals surface area (Å²) in [7, 11) is 0. The van der Waals surface area contributed by atoms with Gasteiger partial charge >= 0.3 is 11.9 Å². The molecule has 1 aromatic heterocycles. The Morgan fingerprint density at radius 1 is 1.36 bits per heavy atom. The van der Waals surface area contributed by atoms with E-state index in [1.807, 2.05) is 0 Å². The monoisotopic (exact) mass is 327 g/mol. The number of rotatable bonds is 6. The topological polar surface area (TPSA) is 65.5 Å². The van der Waals surface area contributed by atoms with E-state index in [1.165, 1.54) is 0 Å². The third-order valence-electron chi connectivity index (χ3n) is 2.76. The van der Waals surface area contributed by atoms with Crippen molar-refractivity contribution in [2.24, 2.45) is 5.92 Å². The molecule has 0 aromatic carbocycles. The maximum absolute atomic E-state index is 12.1. The van der Waals surface area contributed by atoms with Gasteiger partial charge < -0.3 is 9.47 Å². The minimum atomic E-state index is -0.642. The lowest BCUT2D eigenvalue weighted by Crippen LogP contribution is -2.29. The van der Waals surface area contributed by atoms with Crippen LogP contribution >= 0.6 is 11.6 Å². The van der Waals surface area contributed by atoms with Crippen molar-refractivity contribution in [3.63, 3.8) is 0 Å². The van der Waals surface area contributed by atoms with Crippen LogP contribution in [0.1, 0.15) is 39.7 Å². The lowest BCUT2D eigenvalue weighted by molar-refractivity contribution is -0.161. The first-order chi connectivity index (χ1) is 10.2.